The molecule has 0 radical (unpaired) electrons. The third-order valence-electron chi connectivity index (χ3n) is 1.53. The smallest absolute Gasteiger partial charge is 0.424 e. The van der Waals surface area contributed by atoms with Crippen LogP contribution in [0, 0.1) is 0 Å². The Balaban J connectivity index is 2.75. The van der Waals surface area contributed by atoms with Crippen molar-refractivity contribution in [2.75, 3.05) is 0 Å². The summed E-state index contributed by atoms with van der Waals surface area (Å²) in [6.45, 7) is 0. The second-order valence-electron chi connectivity index (χ2n) is 2.56. The van der Waals surface area contributed by atoms with Gasteiger partial charge in [0.2, 0.25) is 0 Å². The summed E-state index contributed by atoms with van der Waals surface area (Å²) in [6.07, 6.45) is 2.33. The molecule has 1 rings (SSSR count). The molecule has 1 aromatic carbocycles. The first-order chi connectivity index (χ1) is 6.22. The maximum Gasteiger partial charge on any atom is 0.480 e. The Hall–Kier alpha value is -1.39. The quantitative estimate of drug-likeness (QED) is 0.521. The molecule has 0 spiro atoms. The van der Waals surface area contributed by atoms with Crippen LogP contribution in [-0.4, -0.2) is 23.5 Å². The fraction of sp³-hybridized carbons (Fsp3) is 0. The Morgan fingerprint density at radius 1 is 1.08 bits per heavy atom. The number of hydrogen-bond donors (Lipinski definition) is 2. The number of hydrogen-bond acceptors (Lipinski definition) is 3. The number of benzene rings is 1. The van der Waals surface area contributed by atoms with Crippen LogP contribution in [0.3, 0.4) is 0 Å². The van der Waals surface area contributed by atoms with Crippen molar-refractivity contribution in [1.82, 2.24) is 0 Å². The number of aldehydes is 1. The van der Waals surface area contributed by atoms with Crippen molar-refractivity contribution in [2.45, 2.75) is 0 Å². The summed E-state index contributed by atoms with van der Waals surface area (Å²) in [7, 11) is -1.44. The summed E-state index contributed by atoms with van der Waals surface area (Å²) in [5.41, 5.74) is 1.42. The number of carbonyl (C=O) groups is 1. The van der Waals surface area contributed by atoms with Crippen molar-refractivity contribution in [3.63, 3.8) is 0 Å². The maximum atomic E-state index is 10.3. The molecule has 2 N–H and O–H groups in total. The van der Waals surface area contributed by atoms with E-state index in [2.05, 4.69) is 0 Å². The van der Waals surface area contributed by atoms with Gasteiger partial charge in [-0.15, -0.1) is 0 Å². The van der Waals surface area contributed by atoms with Crippen LogP contribution in [0.2, 0.25) is 0 Å². The van der Waals surface area contributed by atoms with Crippen molar-refractivity contribution >= 4 is 19.5 Å². The Bertz CT molecular complexity index is 303. The van der Waals surface area contributed by atoms with Crippen LogP contribution in [0.4, 0.5) is 0 Å². The van der Waals surface area contributed by atoms with Crippen molar-refractivity contribution in [2.24, 2.45) is 0 Å². The van der Waals surface area contributed by atoms with E-state index in [0.29, 0.717) is 5.56 Å². The lowest BCUT2D eigenvalue weighted by Crippen LogP contribution is -2.05. The molecule has 0 amide bonds. The van der Waals surface area contributed by atoms with Gasteiger partial charge in [0, 0.05) is 5.56 Å². The van der Waals surface area contributed by atoms with Crippen LogP contribution in [0.15, 0.2) is 30.2 Å². The maximum absolute atomic E-state index is 10.3. The predicted molar refractivity (Wildman–Crippen MR) is 51.1 cm³/mol. The largest absolute Gasteiger partial charge is 0.480 e. The van der Waals surface area contributed by atoms with E-state index in [1.807, 2.05) is 0 Å². The highest BCUT2D eigenvalue weighted by atomic mass is 16.4. The number of carbonyl (C=O) groups excluding carboxylic acids is 1. The van der Waals surface area contributed by atoms with E-state index >= 15 is 0 Å². The van der Waals surface area contributed by atoms with E-state index < -0.39 is 7.12 Å². The van der Waals surface area contributed by atoms with Gasteiger partial charge < -0.3 is 10.0 Å². The van der Waals surface area contributed by atoms with Crippen molar-refractivity contribution in [3.05, 3.63) is 41.4 Å². The lowest BCUT2D eigenvalue weighted by atomic mass is 9.91. The molecule has 66 valence electrons. The molecule has 0 aliphatic rings. The number of rotatable bonds is 3. The van der Waals surface area contributed by atoms with E-state index in [9.17, 15) is 4.79 Å². The van der Waals surface area contributed by atoms with Crippen LogP contribution in [0.5, 0.6) is 0 Å². The third kappa shape index (κ3) is 3.23. The minimum absolute atomic E-state index is 0.599. The molecular weight excluding hydrogens is 167 g/mol. The van der Waals surface area contributed by atoms with Gasteiger partial charge in [-0.2, -0.15) is 0 Å². The van der Waals surface area contributed by atoms with Gasteiger partial charge in [0.25, 0.3) is 0 Å². The van der Waals surface area contributed by atoms with E-state index in [1.165, 1.54) is 5.98 Å². The normalized spacial score (nSPS) is 10.3. The van der Waals surface area contributed by atoms with Gasteiger partial charge in [0.05, 0.1) is 0 Å². The summed E-state index contributed by atoms with van der Waals surface area (Å²) >= 11 is 0. The fourth-order valence-electron chi connectivity index (χ4n) is 0.883. The fourth-order valence-corrected chi connectivity index (χ4v) is 0.883. The molecule has 0 atom stereocenters. The van der Waals surface area contributed by atoms with Gasteiger partial charge >= 0.3 is 7.12 Å². The first kappa shape index (κ1) is 9.70. The molecule has 1 aromatic rings. The van der Waals surface area contributed by atoms with E-state index in [0.717, 1.165) is 11.8 Å². The predicted octanol–water partition coefficient (Wildman–Crippen LogP) is 0.524. The standard InChI is InChI=1S/C9H9BO3/c11-7-9-3-1-8(2-4-9)5-6-10(12)13/h1-7,12-13H/b6-5+. The molecule has 4 heteroatoms. The van der Waals surface area contributed by atoms with Crippen LogP contribution in [0.25, 0.3) is 6.08 Å². The lowest BCUT2D eigenvalue weighted by molar-refractivity contribution is 0.112. The highest BCUT2D eigenvalue weighted by Crippen LogP contribution is 2.04. The molecule has 13 heavy (non-hydrogen) atoms. The Morgan fingerprint density at radius 2 is 1.62 bits per heavy atom. The average Bonchev–Trinajstić information content (AvgIpc) is 2.15. The molecule has 0 saturated heterocycles. The van der Waals surface area contributed by atoms with Gasteiger partial charge in [0.1, 0.15) is 6.29 Å². The Kier molecular flexibility index (Phi) is 3.43. The van der Waals surface area contributed by atoms with E-state index in [-0.39, 0.29) is 0 Å². The summed E-state index contributed by atoms with van der Waals surface area (Å²) in [6, 6.07) is 6.78. The minimum Gasteiger partial charge on any atom is -0.424 e. The summed E-state index contributed by atoms with van der Waals surface area (Å²) in [5, 5.41) is 17.1. The summed E-state index contributed by atoms with van der Waals surface area (Å²) in [4.78, 5) is 10.3. The zero-order valence-electron chi connectivity index (χ0n) is 6.92. The average molecular weight is 176 g/mol. The SMILES string of the molecule is O=Cc1ccc(/C=C/B(O)O)cc1. The van der Waals surface area contributed by atoms with Gasteiger partial charge in [-0.05, 0) is 5.56 Å². The van der Waals surface area contributed by atoms with Gasteiger partial charge in [0.15, 0.2) is 0 Å². The van der Waals surface area contributed by atoms with Crippen LogP contribution >= 0.6 is 0 Å². The third-order valence-corrected chi connectivity index (χ3v) is 1.53. The van der Waals surface area contributed by atoms with E-state index in [4.69, 9.17) is 10.0 Å². The Morgan fingerprint density at radius 3 is 2.08 bits per heavy atom. The monoisotopic (exact) mass is 176 g/mol. The van der Waals surface area contributed by atoms with Crippen molar-refractivity contribution < 1.29 is 14.8 Å². The van der Waals surface area contributed by atoms with Crippen LogP contribution < -0.4 is 0 Å². The molecule has 0 fully saturated rings. The molecule has 0 aliphatic heterocycles. The summed E-state index contributed by atoms with van der Waals surface area (Å²) in [5.74, 6) is 1.25. The van der Waals surface area contributed by atoms with Gasteiger partial charge in [-0.1, -0.05) is 36.3 Å². The molecule has 0 heterocycles. The lowest BCUT2D eigenvalue weighted by Gasteiger charge is -1.93. The van der Waals surface area contributed by atoms with Gasteiger partial charge in [-0.25, -0.2) is 0 Å². The van der Waals surface area contributed by atoms with Crippen molar-refractivity contribution in [1.29, 1.82) is 0 Å². The molecule has 0 aromatic heterocycles. The highest BCUT2D eigenvalue weighted by molar-refractivity contribution is 6.48. The minimum atomic E-state index is -1.44. The molecular formula is C9H9BO3. The molecule has 0 unspecified atom stereocenters. The van der Waals surface area contributed by atoms with Gasteiger partial charge in [-0.3, -0.25) is 4.79 Å². The Labute approximate surface area is 76.5 Å². The first-order valence-electron chi connectivity index (χ1n) is 3.82. The molecule has 0 saturated carbocycles. The molecule has 3 nitrogen and oxygen atoms in total. The second kappa shape index (κ2) is 4.59. The van der Waals surface area contributed by atoms with Crippen LogP contribution in [-0.2, 0) is 0 Å². The summed E-state index contributed by atoms with van der Waals surface area (Å²) < 4.78 is 0. The first-order valence-corrected chi connectivity index (χ1v) is 3.82. The zero-order valence-corrected chi connectivity index (χ0v) is 6.92. The van der Waals surface area contributed by atoms with Crippen molar-refractivity contribution in [3.8, 4) is 0 Å². The molecule has 0 aliphatic carbocycles. The second-order valence-corrected chi connectivity index (χ2v) is 2.56. The van der Waals surface area contributed by atoms with Crippen LogP contribution in [0.1, 0.15) is 15.9 Å². The molecule has 0 bridgehead atoms. The highest BCUT2D eigenvalue weighted by Gasteiger charge is 1.97. The van der Waals surface area contributed by atoms with E-state index in [1.54, 1.807) is 30.3 Å². The topological polar surface area (TPSA) is 57.5 Å². The zero-order chi connectivity index (χ0) is 9.68.